The first-order valence-electron chi connectivity index (χ1n) is 2.00. The van der Waals surface area contributed by atoms with E-state index in [1.807, 2.05) is 0 Å². The zero-order valence-corrected chi connectivity index (χ0v) is 16.4. The predicted molar refractivity (Wildman–Crippen MR) is 35.0 cm³/mol. The van der Waals surface area contributed by atoms with Gasteiger partial charge in [-0.25, -0.2) is 0 Å². The Hall–Kier alpha value is 2.32. The average Bonchev–Trinajstić information content (AvgIpc) is 1.41. The van der Waals surface area contributed by atoms with Crippen molar-refractivity contribution in [2.75, 3.05) is 0 Å². The van der Waals surface area contributed by atoms with E-state index in [-0.39, 0.29) is 89.0 Å². The Kier molecular flexibility index (Phi) is 32.3. The van der Waals surface area contributed by atoms with Gasteiger partial charge < -0.3 is 32.8 Å². The molecule has 0 fully saturated rings. The van der Waals surface area contributed by atoms with Crippen LogP contribution >= 0.6 is 0 Å². The van der Waals surface area contributed by atoms with E-state index in [2.05, 4.69) is 0 Å². The predicted octanol–water partition coefficient (Wildman–Crippen LogP) is -4.84. The Morgan fingerprint density at radius 3 is 0.444 bits per heavy atom. The van der Waals surface area contributed by atoms with E-state index in [1.165, 1.54) is 0 Å². The Morgan fingerprint density at radius 1 is 0.444 bits per heavy atom. The molecule has 0 aromatic rings. The maximum atomic E-state index is 8.52. The molecule has 0 heterocycles. The van der Waals surface area contributed by atoms with E-state index >= 15 is 0 Å². The molecular weight excluding hydrogens is 584 g/mol. The van der Waals surface area contributed by atoms with Gasteiger partial charge in [-0.2, -0.15) is 0 Å². The molecule has 0 saturated heterocycles. The molecule has 13 nitrogen and oxygen atoms in total. The molecule has 0 aromatic heterocycles. The molecule has 0 unspecified atom stereocenters. The molecule has 0 amide bonds. The van der Waals surface area contributed by atoms with Crippen molar-refractivity contribution in [2.24, 2.45) is 0 Å². The minimum Gasteiger partial charge on any atom is -0.759 e. The third-order valence-electron chi connectivity index (χ3n) is 0. The van der Waals surface area contributed by atoms with Crippen LogP contribution in [0.3, 0.4) is 0 Å². The Balaban J connectivity index is -0.0000000277. The maximum Gasteiger partial charge on any atom is 3.00 e. The van der Waals surface area contributed by atoms with Gasteiger partial charge in [-0.15, -0.1) is 0 Å². The van der Waals surface area contributed by atoms with Crippen LogP contribution in [0, 0.1) is 83.5 Å². The monoisotopic (exact) mass is 586 g/mol. The van der Waals surface area contributed by atoms with Crippen molar-refractivity contribution in [3.05, 3.63) is 0 Å². The van der Waals surface area contributed by atoms with Gasteiger partial charge >= 0.3 is 83.5 Å². The zero-order valence-electron chi connectivity index (χ0n) is 7.62. The Morgan fingerprint density at radius 2 is 0.444 bits per heavy atom. The normalized spacial score (nSPS) is 9.67. The van der Waals surface area contributed by atoms with Gasteiger partial charge in [0.25, 0.3) is 0 Å². The maximum absolute atomic E-state index is 8.52. The van der Waals surface area contributed by atoms with Crippen LogP contribution in [0.2, 0.25) is 0 Å². The van der Waals surface area contributed by atoms with Crippen LogP contribution in [0.1, 0.15) is 0 Å². The van der Waals surface area contributed by atoms with Gasteiger partial charge in [0, 0.05) is 31.2 Å². The van der Waals surface area contributed by atoms with E-state index < -0.39 is 31.2 Å². The summed E-state index contributed by atoms with van der Waals surface area (Å²) in [6.45, 7) is 0. The minimum absolute atomic E-state index is 0. The molecule has 0 aromatic carbocycles. The summed E-state index contributed by atoms with van der Waals surface area (Å²) in [5.41, 5.74) is 0. The van der Waals surface area contributed by atoms with Gasteiger partial charge in [-0.1, -0.05) is 0 Å². The molecule has 0 atom stereocenters. The molecule has 0 aliphatic carbocycles. The van der Waals surface area contributed by atoms with Gasteiger partial charge in [0.1, 0.15) is 0 Å². The topological polar surface area (TPSA) is 272 Å². The van der Waals surface area contributed by atoms with E-state index in [1.54, 1.807) is 0 Å². The smallest absolute Gasteiger partial charge is 0.759 e. The van der Waals surface area contributed by atoms with Gasteiger partial charge in [-0.05, 0) is 0 Å². The molecule has 0 bridgehead atoms. The van der Waals surface area contributed by atoms with Gasteiger partial charge in [0.05, 0.1) is 0 Å². The summed E-state index contributed by atoms with van der Waals surface area (Å²) in [5, 5.41) is 0. The summed E-state index contributed by atoms with van der Waals surface area (Å²) in [5.74, 6) is 0. The zero-order chi connectivity index (χ0) is 13.5. The fourth-order valence-electron chi connectivity index (χ4n) is 0. The first kappa shape index (κ1) is 37.0. The molecule has 106 valence electrons. The van der Waals surface area contributed by atoms with Crippen molar-refractivity contribution in [1.29, 1.82) is 0 Å². The summed E-state index contributed by atoms with van der Waals surface area (Å²) < 4.78 is 102. The van der Waals surface area contributed by atoms with Gasteiger partial charge in [-0.3, -0.25) is 25.3 Å². The van der Waals surface area contributed by atoms with Gasteiger partial charge in [0.15, 0.2) is 0 Å². The SMILES string of the molecule is O.O=S(=O)([O-])[O-].O=S(=O)([O-])[O-].O=S(=O)([O-])[O-].[Ce+3].[Ce+3]. The van der Waals surface area contributed by atoms with E-state index in [4.69, 9.17) is 52.6 Å². The van der Waals surface area contributed by atoms with E-state index in [0.717, 1.165) is 0 Å². The first-order chi connectivity index (χ1) is 6.00. The van der Waals surface area contributed by atoms with Crippen molar-refractivity contribution < 1.29 is 142 Å². The molecule has 0 aliphatic heterocycles. The van der Waals surface area contributed by atoms with Crippen LogP contribution in [-0.4, -0.2) is 58.0 Å². The molecule has 0 spiro atoms. The van der Waals surface area contributed by atoms with Crippen LogP contribution in [-0.2, 0) is 31.2 Å². The summed E-state index contributed by atoms with van der Waals surface area (Å²) in [6, 6.07) is 0. The summed E-state index contributed by atoms with van der Waals surface area (Å²) in [6.07, 6.45) is 0. The minimum atomic E-state index is -5.17. The van der Waals surface area contributed by atoms with Crippen LogP contribution in [0.25, 0.3) is 0 Å². The molecule has 0 saturated carbocycles. The fourth-order valence-corrected chi connectivity index (χ4v) is 0. The van der Waals surface area contributed by atoms with Crippen LogP contribution in [0.15, 0.2) is 0 Å². The van der Waals surface area contributed by atoms with Crippen LogP contribution in [0.5, 0.6) is 0 Å². The largest absolute Gasteiger partial charge is 3.00 e. The van der Waals surface area contributed by atoms with Crippen molar-refractivity contribution in [1.82, 2.24) is 0 Å². The molecule has 18 heavy (non-hydrogen) atoms. The van der Waals surface area contributed by atoms with Gasteiger partial charge in [0.2, 0.25) is 0 Å². The number of hydrogen-bond acceptors (Lipinski definition) is 12. The summed E-state index contributed by atoms with van der Waals surface area (Å²) in [4.78, 5) is 0. The molecule has 0 aliphatic rings. The van der Waals surface area contributed by atoms with Crippen molar-refractivity contribution in [3.8, 4) is 0 Å². The third-order valence-corrected chi connectivity index (χ3v) is 0. The summed E-state index contributed by atoms with van der Waals surface area (Å²) in [7, 11) is -15.5. The molecule has 2 radical (unpaired) electrons. The molecule has 0 rings (SSSR count). The quantitative estimate of drug-likeness (QED) is 0.191. The Bertz CT molecular complexity index is 341. The second kappa shape index (κ2) is 15.7. The van der Waals surface area contributed by atoms with Crippen LogP contribution < -0.4 is 0 Å². The Labute approximate surface area is 170 Å². The summed E-state index contributed by atoms with van der Waals surface area (Å²) >= 11 is 0. The van der Waals surface area contributed by atoms with Crippen molar-refractivity contribution >= 4 is 31.2 Å². The third kappa shape index (κ3) is 1020. The number of rotatable bonds is 0. The number of hydrogen-bond donors (Lipinski definition) is 0. The molecule has 2 N–H and O–H groups in total. The fraction of sp³-hybridized carbons (Fsp3) is 0. The van der Waals surface area contributed by atoms with E-state index in [9.17, 15) is 0 Å². The van der Waals surface area contributed by atoms with Crippen LogP contribution in [0.4, 0.5) is 0 Å². The standard InChI is InChI=1S/2Ce.3H2O4S.H2O/c;;3*1-5(2,3)4;/h;;3*(H2,1,2,3,4);1H2/q2*+3;;;;/p-6. The second-order valence-corrected chi connectivity index (χ2v) is 3.67. The molecule has 18 heteroatoms. The second-order valence-electron chi connectivity index (χ2n) is 1.22. The molecular formula is H2Ce2O13S3. The first-order valence-corrected chi connectivity index (χ1v) is 6.00. The average molecular weight is 586 g/mol. The van der Waals surface area contributed by atoms with Crippen molar-refractivity contribution in [2.45, 2.75) is 0 Å². The van der Waals surface area contributed by atoms with Crippen molar-refractivity contribution in [3.63, 3.8) is 0 Å². The van der Waals surface area contributed by atoms with E-state index in [0.29, 0.717) is 0 Å².